The number of fused-ring (bicyclic) bond motifs is 1. The Kier molecular flexibility index (Phi) is 2.86. The Morgan fingerprint density at radius 2 is 2.25 bits per heavy atom. The lowest BCUT2D eigenvalue weighted by molar-refractivity contribution is -0.131. The van der Waals surface area contributed by atoms with Crippen LogP contribution in [-0.4, -0.2) is 34.0 Å². The molecule has 1 saturated heterocycles. The highest BCUT2D eigenvalue weighted by Gasteiger charge is 2.54. The highest BCUT2D eigenvalue weighted by molar-refractivity contribution is 5.75. The van der Waals surface area contributed by atoms with E-state index in [4.69, 9.17) is 5.26 Å². The van der Waals surface area contributed by atoms with Crippen molar-refractivity contribution in [2.75, 3.05) is 0 Å². The number of nitrogens with zero attached hydrogens (tertiary/aromatic N) is 3. The van der Waals surface area contributed by atoms with E-state index in [1.807, 2.05) is 4.90 Å². The fourth-order valence-electron chi connectivity index (χ4n) is 2.45. The van der Waals surface area contributed by atoms with Gasteiger partial charge in [0.1, 0.15) is 6.17 Å². The van der Waals surface area contributed by atoms with E-state index in [9.17, 15) is 4.79 Å². The maximum atomic E-state index is 11.6. The fourth-order valence-corrected chi connectivity index (χ4v) is 2.45. The molecule has 1 fully saturated rings. The molecule has 0 radical (unpaired) electrons. The van der Waals surface area contributed by atoms with Crippen LogP contribution in [0.1, 0.15) is 33.1 Å². The van der Waals surface area contributed by atoms with Crippen LogP contribution in [0, 0.1) is 11.5 Å². The molecule has 0 bridgehead atoms. The van der Waals surface area contributed by atoms with Crippen molar-refractivity contribution in [2.45, 2.75) is 51.4 Å². The average Bonchev–Trinajstić information content (AvgIpc) is 2.98. The smallest absolute Gasteiger partial charge is 0.221 e. The molecule has 1 amide bonds. The van der Waals surface area contributed by atoms with E-state index in [1.165, 1.54) is 0 Å². The van der Waals surface area contributed by atoms with E-state index in [1.54, 1.807) is 11.8 Å². The summed E-state index contributed by atoms with van der Waals surface area (Å²) < 4.78 is 0. The Hall–Kier alpha value is -1.50. The number of rotatable bonds is 3. The summed E-state index contributed by atoms with van der Waals surface area (Å²) in [6.07, 6.45) is 9.51. The van der Waals surface area contributed by atoms with Crippen LogP contribution in [0.25, 0.3) is 0 Å². The van der Waals surface area contributed by atoms with Gasteiger partial charge in [0, 0.05) is 6.92 Å². The lowest BCUT2D eigenvalue weighted by atomic mass is 10.0. The Labute approximate surface area is 96.1 Å². The third-order valence-electron chi connectivity index (χ3n) is 3.33. The van der Waals surface area contributed by atoms with Crippen LogP contribution in [0.4, 0.5) is 0 Å². The summed E-state index contributed by atoms with van der Waals surface area (Å²) in [6, 6.07) is 0.309. The molecule has 0 saturated carbocycles. The van der Waals surface area contributed by atoms with Gasteiger partial charge in [0.05, 0.1) is 12.1 Å². The molecule has 0 aromatic heterocycles. The van der Waals surface area contributed by atoms with Crippen molar-refractivity contribution in [3.63, 3.8) is 0 Å². The molecule has 86 valence electrons. The number of carbonyl (C=O) groups is 1. The predicted molar refractivity (Wildman–Crippen MR) is 60.0 cm³/mol. The summed E-state index contributed by atoms with van der Waals surface area (Å²) >= 11 is 0. The van der Waals surface area contributed by atoms with Gasteiger partial charge in [0.25, 0.3) is 0 Å². The van der Waals surface area contributed by atoms with Gasteiger partial charge in [-0.3, -0.25) is 9.69 Å². The van der Waals surface area contributed by atoms with Crippen molar-refractivity contribution in [1.29, 1.82) is 5.26 Å². The molecular formula is C12H17N3O. The zero-order valence-electron chi connectivity index (χ0n) is 9.76. The van der Waals surface area contributed by atoms with Crippen LogP contribution in [0.15, 0.2) is 12.2 Å². The van der Waals surface area contributed by atoms with Crippen LogP contribution in [0.2, 0.25) is 0 Å². The monoisotopic (exact) mass is 219 g/mol. The zero-order chi connectivity index (χ0) is 11.7. The molecule has 4 nitrogen and oxygen atoms in total. The van der Waals surface area contributed by atoms with E-state index in [0.717, 1.165) is 19.3 Å². The molecule has 2 rings (SSSR count). The third-order valence-corrected chi connectivity index (χ3v) is 3.33. The molecule has 3 atom stereocenters. The second kappa shape index (κ2) is 4.17. The van der Waals surface area contributed by atoms with Crippen molar-refractivity contribution in [2.24, 2.45) is 0 Å². The molecule has 16 heavy (non-hydrogen) atoms. The third kappa shape index (κ3) is 1.67. The lowest BCUT2D eigenvalue weighted by Gasteiger charge is -2.30. The van der Waals surface area contributed by atoms with Crippen molar-refractivity contribution in [3.8, 4) is 6.19 Å². The van der Waals surface area contributed by atoms with Gasteiger partial charge >= 0.3 is 0 Å². The summed E-state index contributed by atoms with van der Waals surface area (Å²) in [5.74, 6) is 0.0678. The van der Waals surface area contributed by atoms with Gasteiger partial charge < -0.3 is 4.90 Å². The van der Waals surface area contributed by atoms with Crippen LogP contribution in [0.5, 0.6) is 0 Å². The minimum atomic E-state index is -0.00523. The summed E-state index contributed by atoms with van der Waals surface area (Å²) in [5.41, 5.74) is 0. The summed E-state index contributed by atoms with van der Waals surface area (Å²) in [4.78, 5) is 15.1. The minimum absolute atomic E-state index is 0.00523. The Balaban J connectivity index is 2.10. The van der Waals surface area contributed by atoms with E-state index in [2.05, 4.69) is 25.3 Å². The first-order valence-corrected chi connectivity index (χ1v) is 5.86. The van der Waals surface area contributed by atoms with E-state index < -0.39 is 0 Å². The SMILES string of the molecule is CCCCC1C=CC2C(N2C#N)N1C(C)=O. The summed E-state index contributed by atoms with van der Waals surface area (Å²) in [6.45, 7) is 3.73. The van der Waals surface area contributed by atoms with E-state index in [0.29, 0.717) is 0 Å². The van der Waals surface area contributed by atoms with E-state index >= 15 is 0 Å². The predicted octanol–water partition coefficient (Wildman–Crippen LogP) is 1.45. The standard InChI is InChI=1S/C12H17N3O/c1-3-4-5-10-6-7-11-12(14(11)8-13)15(10)9(2)16/h6-7,10-12H,3-5H2,1-2H3. The molecular weight excluding hydrogens is 202 g/mol. The molecule has 0 spiro atoms. The van der Waals surface area contributed by atoms with Crippen LogP contribution in [-0.2, 0) is 4.79 Å². The van der Waals surface area contributed by atoms with Gasteiger partial charge in [-0.05, 0) is 6.42 Å². The van der Waals surface area contributed by atoms with Crippen molar-refractivity contribution in [1.82, 2.24) is 9.80 Å². The average molecular weight is 219 g/mol. The summed E-state index contributed by atoms with van der Waals surface area (Å²) in [5, 5.41) is 8.90. The maximum absolute atomic E-state index is 11.6. The molecule has 4 heteroatoms. The Bertz CT molecular complexity index is 358. The maximum Gasteiger partial charge on any atom is 0.221 e. The first-order valence-electron chi connectivity index (χ1n) is 5.86. The molecule has 2 aliphatic heterocycles. The van der Waals surface area contributed by atoms with E-state index in [-0.39, 0.29) is 24.2 Å². The molecule has 0 N–H and O–H groups in total. The zero-order valence-corrected chi connectivity index (χ0v) is 9.76. The first kappa shape index (κ1) is 11.0. The van der Waals surface area contributed by atoms with Crippen molar-refractivity contribution < 1.29 is 4.79 Å². The van der Waals surface area contributed by atoms with Crippen molar-refractivity contribution >= 4 is 5.91 Å². The molecule has 2 heterocycles. The van der Waals surface area contributed by atoms with Crippen LogP contribution >= 0.6 is 0 Å². The number of amides is 1. The quantitative estimate of drug-likeness (QED) is 0.410. The largest absolute Gasteiger partial charge is 0.313 e. The topological polar surface area (TPSA) is 47.1 Å². The molecule has 0 aromatic rings. The summed E-state index contributed by atoms with van der Waals surface area (Å²) in [7, 11) is 0. The second-order valence-electron chi connectivity index (χ2n) is 4.43. The number of hydrogen-bond acceptors (Lipinski definition) is 3. The van der Waals surface area contributed by atoms with Crippen LogP contribution in [0.3, 0.4) is 0 Å². The normalized spacial score (nSPS) is 30.9. The van der Waals surface area contributed by atoms with Gasteiger partial charge in [0.15, 0.2) is 6.19 Å². The number of unbranched alkanes of at least 4 members (excludes halogenated alkanes) is 1. The molecule has 2 aliphatic rings. The molecule has 0 aliphatic carbocycles. The number of carbonyl (C=O) groups excluding carboxylic acids is 1. The Morgan fingerprint density at radius 3 is 2.81 bits per heavy atom. The minimum Gasteiger partial charge on any atom is -0.313 e. The second-order valence-corrected chi connectivity index (χ2v) is 4.43. The van der Waals surface area contributed by atoms with Gasteiger partial charge in [-0.15, -0.1) is 0 Å². The van der Waals surface area contributed by atoms with Gasteiger partial charge in [-0.25, -0.2) is 0 Å². The molecule has 3 unspecified atom stereocenters. The fraction of sp³-hybridized carbons (Fsp3) is 0.667. The van der Waals surface area contributed by atoms with Gasteiger partial charge in [-0.2, -0.15) is 5.26 Å². The first-order chi connectivity index (χ1) is 7.70. The van der Waals surface area contributed by atoms with Gasteiger partial charge in [-0.1, -0.05) is 31.9 Å². The highest BCUT2D eigenvalue weighted by Crippen LogP contribution is 2.37. The Morgan fingerprint density at radius 1 is 1.50 bits per heavy atom. The highest BCUT2D eigenvalue weighted by atomic mass is 16.2. The van der Waals surface area contributed by atoms with Crippen molar-refractivity contribution in [3.05, 3.63) is 12.2 Å². The number of nitriles is 1. The van der Waals surface area contributed by atoms with Crippen LogP contribution < -0.4 is 0 Å². The van der Waals surface area contributed by atoms with Gasteiger partial charge in [0.2, 0.25) is 5.91 Å². The lowest BCUT2D eigenvalue weighted by Crippen LogP contribution is -2.43. The number of hydrogen-bond donors (Lipinski definition) is 0. The molecule has 0 aromatic carbocycles.